The van der Waals surface area contributed by atoms with E-state index in [1.54, 1.807) is 19.1 Å². The fourth-order valence-electron chi connectivity index (χ4n) is 4.29. The molecule has 1 heterocycles. The van der Waals surface area contributed by atoms with E-state index in [-0.39, 0.29) is 5.91 Å². The van der Waals surface area contributed by atoms with Crippen molar-refractivity contribution in [3.05, 3.63) is 109 Å². The summed E-state index contributed by atoms with van der Waals surface area (Å²) in [5.41, 5.74) is 5.21. The maximum Gasteiger partial charge on any atom is 0.244 e. The van der Waals surface area contributed by atoms with Gasteiger partial charge in [0.25, 0.3) is 0 Å². The molecule has 0 fully saturated rings. The first kappa shape index (κ1) is 26.1. The summed E-state index contributed by atoms with van der Waals surface area (Å²) in [6.45, 7) is 1.91. The molecule has 39 heavy (non-hydrogen) atoms. The molecule has 1 amide bonds. The van der Waals surface area contributed by atoms with Crippen LogP contribution in [-0.4, -0.2) is 35.3 Å². The third-order valence-corrected chi connectivity index (χ3v) is 7.28. The normalized spacial score (nSPS) is 11.6. The third kappa shape index (κ3) is 5.84. The van der Waals surface area contributed by atoms with Crippen LogP contribution in [0.15, 0.2) is 114 Å². The maximum absolute atomic E-state index is 13.9. The Morgan fingerprint density at radius 3 is 1.72 bits per heavy atom. The molecule has 0 saturated heterocycles. The number of ether oxygens (including phenoxy) is 2. The molecule has 1 unspecified atom stereocenters. The van der Waals surface area contributed by atoms with Crippen LogP contribution in [0.5, 0.6) is 11.5 Å². The number of carbonyl (C=O) groups excluding carboxylic acids is 1. The van der Waals surface area contributed by atoms with E-state index in [0.717, 1.165) is 45.4 Å². The van der Waals surface area contributed by atoms with Crippen molar-refractivity contribution in [1.82, 2.24) is 9.97 Å². The van der Waals surface area contributed by atoms with E-state index in [2.05, 4.69) is 4.98 Å². The van der Waals surface area contributed by atoms with Gasteiger partial charge in [-0.1, -0.05) is 48.2 Å². The molecule has 0 aliphatic rings. The van der Waals surface area contributed by atoms with Crippen molar-refractivity contribution in [2.45, 2.75) is 17.3 Å². The summed E-state index contributed by atoms with van der Waals surface area (Å²) in [5, 5.41) is 0.248. The number of nitrogens with one attached hydrogen (secondary N) is 1. The summed E-state index contributed by atoms with van der Waals surface area (Å²) < 4.78 is 10.7. The summed E-state index contributed by atoms with van der Waals surface area (Å²) in [4.78, 5) is 24.0. The molecule has 0 aliphatic carbocycles. The second-order valence-corrected chi connectivity index (χ2v) is 10.2. The van der Waals surface area contributed by atoms with Crippen molar-refractivity contribution in [2.75, 3.05) is 19.1 Å². The van der Waals surface area contributed by atoms with Crippen LogP contribution in [0.1, 0.15) is 6.92 Å². The van der Waals surface area contributed by atoms with E-state index in [4.69, 9.17) is 14.5 Å². The second kappa shape index (κ2) is 11.9. The number of rotatable bonds is 9. The molecule has 0 bridgehead atoms. The molecular formula is C32H29N3O3S. The summed E-state index contributed by atoms with van der Waals surface area (Å²) in [6, 6.07) is 35.0. The van der Waals surface area contributed by atoms with Crippen molar-refractivity contribution >= 4 is 29.0 Å². The van der Waals surface area contributed by atoms with E-state index < -0.39 is 5.25 Å². The number of amides is 1. The van der Waals surface area contributed by atoms with Crippen LogP contribution in [-0.2, 0) is 4.79 Å². The lowest BCUT2D eigenvalue weighted by Gasteiger charge is -2.25. The second-order valence-electron chi connectivity index (χ2n) is 8.83. The van der Waals surface area contributed by atoms with Crippen LogP contribution >= 0.6 is 11.8 Å². The van der Waals surface area contributed by atoms with Gasteiger partial charge in [0, 0.05) is 22.5 Å². The van der Waals surface area contributed by atoms with Gasteiger partial charge in [-0.25, -0.2) is 4.98 Å². The van der Waals surface area contributed by atoms with Crippen molar-refractivity contribution in [1.29, 1.82) is 0 Å². The number of para-hydroxylation sites is 2. The number of hydrogen-bond donors (Lipinski definition) is 1. The van der Waals surface area contributed by atoms with E-state index in [9.17, 15) is 4.79 Å². The largest absolute Gasteiger partial charge is 0.497 e. The number of methoxy groups -OCH3 is 2. The van der Waals surface area contributed by atoms with Gasteiger partial charge in [0.15, 0.2) is 5.16 Å². The van der Waals surface area contributed by atoms with Gasteiger partial charge in [0.05, 0.1) is 30.9 Å². The Labute approximate surface area is 232 Å². The molecule has 7 heteroatoms. The highest BCUT2D eigenvalue weighted by Gasteiger charge is 2.26. The SMILES string of the molecule is COc1ccc(-c2nc(SC(C)C(=O)N(c3ccccc3)c3ccccc3)[nH]c2-c2ccc(OC)cc2)cc1. The summed E-state index contributed by atoms with van der Waals surface area (Å²) in [6.07, 6.45) is 0. The minimum absolute atomic E-state index is 0.0363. The van der Waals surface area contributed by atoms with Crippen LogP contribution < -0.4 is 14.4 Å². The summed E-state index contributed by atoms with van der Waals surface area (Å²) >= 11 is 1.40. The average Bonchev–Trinajstić information content (AvgIpc) is 3.42. The Morgan fingerprint density at radius 2 is 1.23 bits per heavy atom. The Hall–Kier alpha value is -4.49. The zero-order chi connectivity index (χ0) is 27.2. The number of aromatic nitrogens is 2. The fourth-order valence-corrected chi connectivity index (χ4v) is 5.14. The molecule has 0 saturated carbocycles. The monoisotopic (exact) mass is 535 g/mol. The average molecular weight is 536 g/mol. The minimum Gasteiger partial charge on any atom is -0.497 e. The van der Waals surface area contributed by atoms with Crippen LogP contribution in [0.3, 0.4) is 0 Å². The number of nitrogens with zero attached hydrogens (tertiary/aromatic N) is 2. The highest BCUT2D eigenvalue weighted by molar-refractivity contribution is 8.00. The summed E-state index contributed by atoms with van der Waals surface area (Å²) in [7, 11) is 3.29. The Morgan fingerprint density at radius 1 is 0.744 bits per heavy atom. The molecule has 5 aromatic rings. The lowest BCUT2D eigenvalue weighted by molar-refractivity contribution is -0.117. The van der Waals surface area contributed by atoms with E-state index >= 15 is 0 Å². The molecule has 0 aliphatic heterocycles. The van der Waals surface area contributed by atoms with E-state index in [0.29, 0.717) is 5.16 Å². The summed E-state index contributed by atoms with van der Waals surface area (Å²) in [5.74, 6) is 1.52. The van der Waals surface area contributed by atoms with Gasteiger partial charge >= 0.3 is 0 Å². The smallest absolute Gasteiger partial charge is 0.244 e. The van der Waals surface area contributed by atoms with Crippen molar-refractivity contribution < 1.29 is 14.3 Å². The van der Waals surface area contributed by atoms with Gasteiger partial charge in [-0.3, -0.25) is 9.69 Å². The lowest BCUT2D eigenvalue weighted by atomic mass is 10.0. The highest BCUT2D eigenvalue weighted by Crippen LogP contribution is 2.36. The van der Waals surface area contributed by atoms with E-state index in [1.165, 1.54) is 11.8 Å². The molecule has 1 atom stereocenters. The molecule has 0 spiro atoms. The first-order chi connectivity index (χ1) is 19.1. The minimum atomic E-state index is -0.413. The van der Waals surface area contributed by atoms with E-state index in [1.807, 2.05) is 116 Å². The lowest BCUT2D eigenvalue weighted by Crippen LogP contribution is -2.32. The third-order valence-electron chi connectivity index (χ3n) is 6.31. The molecule has 5 rings (SSSR count). The van der Waals surface area contributed by atoms with Gasteiger partial charge in [0.1, 0.15) is 11.5 Å². The molecule has 0 radical (unpaired) electrons. The Balaban J connectivity index is 1.48. The highest BCUT2D eigenvalue weighted by atomic mass is 32.2. The first-order valence-electron chi connectivity index (χ1n) is 12.6. The topological polar surface area (TPSA) is 67.5 Å². The number of imidazole rings is 1. The predicted molar refractivity (Wildman–Crippen MR) is 158 cm³/mol. The van der Waals surface area contributed by atoms with Gasteiger partial charge in [-0.05, 0) is 79.7 Å². The number of hydrogen-bond acceptors (Lipinski definition) is 5. The number of anilines is 2. The van der Waals surface area contributed by atoms with Gasteiger partial charge in [0.2, 0.25) is 5.91 Å². The fraction of sp³-hybridized carbons (Fsp3) is 0.125. The molecular weight excluding hydrogens is 506 g/mol. The zero-order valence-corrected chi connectivity index (χ0v) is 22.8. The number of carbonyl (C=O) groups is 1. The predicted octanol–water partition coefficient (Wildman–Crippen LogP) is 7.61. The number of thioether (sulfide) groups is 1. The van der Waals surface area contributed by atoms with Crippen LogP contribution in [0, 0.1) is 0 Å². The standard InChI is InChI=1S/C32H29N3O3S/c1-22(31(36)35(25-10-6-4-7-11-25)26-12-8-5-9-13-26)39-32-33-29(23-14-18-27(37-2)19-15-23)30(34-32)24-16-20-28(38-3)21-17-24/h4-22H,1-3H3,(H,33,34). The zero-order valence-electron chi connectivity index (χ0n) is 22.0. The molecule has 4 aromatic carbocycles. The Kier molecular flexibility index (Phi) is 7.99. The van der Waals surface area contributed by atoms with Crippen LogP contribution in [0.4, 0.5) is 11.4 Å². The number of H-pyrrole nitrogens is 1. The maximum atomic E-state index is 13.9. The van der Waals surface area contributed by atoms with Gasteiger partial charge in [-0.15, -0.1) is 0 Å². The van der Waals surface area contributed by atoms with Crippen molar-refractivity contribution in [3.63, 3.8) is 0 Å². The van der Waals surface area contributed by atoms with Gasteiger partial charge in [-0.2, -0.15) is 0 Å². The number of aromatic amines is 1. The quantitative estimate of drug-likeness (QED) is 0.197. The molecule has 1 N–H and O–H groups in total. The first-order valence-corrected chi connectivity index (χ1v) is 13.4. The molecule has 1 aromatic heterocycles. The van der Waals surface area contributed by atoms with Crippen LogP contribution in [0.25, 0.3) is 22.5 Å². The van der Waals surface area contributed by atoms with Crippen molar-refractivity contribution in [2.24, 2.45) is 0 Å². The van der Waals surface area contributed by atoms with Gasteiger partial charge < -0.3 is 14.5 Å². The molecule has 196 valence electrons. The number of benzene rings is 4. The van der Waals surface area contributed by atoms with Crippen LogP contribution in [0.2, 0.25) is 0 Å². The Bertz CT molecular complexity index is 1410. The molecule has 6 nitrogen and oxygen atoms in total. The van der Waals surface area contributed by atoms with Crippen molar-refractivity contribution in [3.8, 4) is 34.0 Å².